The van der Waals surface area contributed by atoms with Crippen molar-refractivity contribution < 1.29 is 0 Å². The molecular weight excluding hydrogens is 222 g/mol. The molecule has 88 valence electrons. The van der Waals surface area contributed by atoms with Gasteiger partial charge in [0.2, 0.25) is 5.16 Å². The van der Waals surface area contributed by atoms with Crippen molar-refractivity contribution in [3.05, 3.63) is 5.82 Å². The minimum absolute atomic E-state index is 0.277. The lowest BCUT2D eigenvalue weighted by atomic mass is 10.1. The van der Waals surface area contributed by atoms with Crippen molar-refractivity contribution in [2.24, 2.45) is 0 Å². The van der Waals surface area contributed by atoms with E-state index in [0.29, 0.717) is 10.9 Å². The van der Waals surface area contributed by atoms with Gasteiger partial charge in [-0.25, -0.2) is 4.98 Å². The van der Waals surface area contributed by atoms with Gasteiger partial charge in [0.15, 0.2) is 0 Å². The topological polar surface area (TPSA) is 77.4 Å². The molecule has 1 aromatic heterocycles. The number of hydrogen-bond donors (Lipinski definition) is 2. The van der Waals surface area contributed by atoms with Gasteiger partial charge in [0.1, 0.15) is 11.4 Å². The summed E-state index contributed by atoms with van der Waals surface area (Å²) in [7, 11) is 0. The molecule has 0 spiro atoms. The summed E-state index contributed by atoms with van der Waals surface area (Å²) in [5.74, 6) is 1.41. The Hall–Kier alpha value is -1.06. The molecule has 0 bridgehead atoms. The zero-order valence-electron chi connectivity index (χ0n) is 10.0. The van der Waals surface area contributed by atoms with Gasteiger partial charge in [-0.15, -0.1) is 5.10 Å². The zero-order valence-corrected chi connectivity index (χ0v) is 10.9. The van der Waals surface area contributed by atoms with Crippen LogP contribution < -0.4 is 5.32 Å². The Morgan fingerprint density at radius 2 is 2.31 bits per heavy atom. The van der Waals surface area contributed by atoms with E-state index in [1.54, 1.807) is 0 Å². The lowest BCUT2D eigenvalue weighted by molar-refractivity contribution is 0.443. The molecule has 6 heteroatoms. The highest BCUT2D eigenvalue weighted by atomic mass is 32.2. The number of nitriles is 1. The maximum absolute atomic E-state index is 9.14. The highest BCUT2D eigenvalue weighted by molar-refractivity contribution is 7.99. The number of aromatic amines is 1. The summed E-state index contributed by atoms with van der Waals surface area (Å²) in [4.78, 5) is 4.19. The molecule has 1 heterocycles. The fraction of sp³-hybridized carbons (Fsp3) is 0.700. The van der Waals surface area contributed by atoms with Crippen molar-refractivity contribution >= 4 is 11.8 Å². The Kier molecular flexibility index (Phi) is 4.33. The van der Waals surface area contributed by atoms with Gasteiger partial charge in [0, 0.05) is 11.8 Å². The number of hydrogen-bond acceptors (Lipinski definition) is 5. The van der Waals surface area contributed by atoms with Gasteiger partial charge in [-0.1, -0.05) is 11.8 Å². The van der Waals surface area contributed by atoms with Crippen LogP contribution in [0.25, 0.3) is 0 Å². The van der Waals surface area contributed by atoms with Crippen LogP contribution in [0.4, 0.5) is 0 Å². The van der Waals surface area contributed by atoms with Crippen LogP contribution in [0.3, 0.4) is 0 Å². The molecule has 0 saturated carbocycles. The smallest absolute Gasteiger partial charge is 0.208 e. The van der Waals surface area contributed by atoms with Crippen LogP contribution in [0.15, 0.2) is 5.16 Å². The van der Waals surface area contributed by atoms with E-state index in [-0.39, 0.29) is 6.04 Å². The van der Waals surface area contributed by atoms with Crippen molar-refractivity contribution in [2.45, 2.75) is 44.4 Å². The van der Waals surface area contributed by atoms with Gasteiger partial charge < -0.3 is 0 Å². The van der Waals surface area contributed by atoms with Gasteiger partial charge >= 0.3 is 0 Å². The predicted molar refractivity (Wildman–Crippen MR) is 64.1 cm³/mol. The summed E-state index contributed by atoms with van der Waals surface area (Å²) in [5.41, 5.74) is -0.548. The SMILES string of the molecule is Cc1nc(SCC(C)(C#N)NC(C)C)n[nH]1. The molecular formula is C10H17N5S. The van der Waals surface area contributed by atoms with Crippen molar-refractivity contribution in [3.63, 3.8) is 0 Å². The standard InChI is InChI=1S/C10H17N5S/c1-7(2)13-10(4,5-11)6-16-9-12-8(3)14-15-9/h7,13H,6H2,1-4H3,(H,12,14,15). The predicted octanol–water partition coefficient (Wildman–Crippen LogP) is 1.49. The van der Waals surface area contributed by atoms with E-state index in [1.807, 2.05) is 27.7 Å². The van der Waals surface area contributed by atoms with Crippen LogP contribution in [0.2, 0.25) is 0 Å². The highest BCUT2D eigenvalue weighted by Crippen LogP contribution is 2.19. The van der Waals surface area contributed by atoms with Crippen molar-refractivity contribution in [1.82, 2.24) is 20.5 Å². The van der Waals surface area contributed by atoms with Gasteiger partial charge in [-0.2, -0.15) is 5.26 Å². The van der Waals surface area contributed by atoms with E-state index >= 15 is 0 Å². The second-order valence-corrected chi connectivity index (χ2v) is 5.18. The number of H-pyrrole nitrogens is 1. The Morgan fingerprint density at radius 1 is 1.62 bits per heavy atom. The Labute approximate surface area is 100 Å². The van der Waals surface area contributed by atoms with E-state index in [4.69, 9.17) is 5.26 Å². The largest absolute Gasteiger partial charge is 0.297 e. The number of aryl methyl sites for hydroxylation is 1. The molecule has 0 amide bonds. The highest BCUT2D eigenvalue weighted by Gasteiger charge is 2.25. The Balaban J connectivity index is 2.55. The number of thioether (sulfide) groups is 1. The third kappa shape index (κ3) is 3.83. The molecule has 1 rings (SSSR count). The third-order valence-electron chi connectivity index (χ3n) is 1.92. The van der Waals surface area contributed by atoms with E-state index < -0.39 is 5.54 Å². The van der Waals surface area contributed by atoms with Crippen LogP contribution in [0, 0.1) is 18.3 Å². The molecule has 0 aliphatic rings. The number of rotatable bonds is 5. The van der Waals surface area contributed by atoms with Crippen molar-refractivity contribution in [1.29, 1.82) is 5.26 Å². The summed E-state index contributed by atoms with van der Waals surface area (Å²) in [6.07, 6.45) is 0. The summed E-state index contributed by atoms with van der Waals surface area (Å²) in [6.45, 7) is 7.79. The lowest BCUT2D eigenvalue weighted by Crippen LogP contribution is -2.47. The summed E-state index contributed by atoms with van der Waals surface area (Å²) in [6, 6.07) is 2.57. The summed E-state index contributed by atoms with van der Waals surface area (Å²) in [5, 5.41) is 19.9. The molecule has 5 nitrogen and oxygen atoms in total. The number of nitrogens with zero attached hydrogens (tertiary/aromatic N) is 3. The second kappa shape index (κ2) is 5.32. The fourth-order valence-electron chi connectivity index (χ4n) is 1.34. The van der Waals surface area contributed by atoms with Crippen LogP contribution in [-0.2, 0) is 0 Å². The molecule has 1 atom stereocenters. The minimum atomic E-state index is -0.548. The first-order valence-corrected chi connectivity index (χ1v) is 6.14. The van der Waals surface area contributed by atoms with Crippen LogP contribution in [0.5, 0.6) is 0 Å². The van der Waals surface area contributed by atoms with Crippen LogP contribution in [0.1, 0.15) is 26.6 Å². The first-order valence-electron chi connectivity index (χ1n) is 5.16. The maximum Gasteiger partial charge on any atom is 0.208 e. The first kappa shape index (κ1) is 13.0. The van der Waals surface area contributed by atoms with E-state index in [1.165, 1.54) is 11.8 Å². The average molecular weight is 239 g/mol. The van der Waals surface area contributed by atoms with Gasteiger partial charge in [0.05, 0.1) is 6.07 Å². The maximum atomic E-state index is 9.14. The monoisotopic (exact) mass is 239 g/mol. The molecule has 0 fully saturated rings. The summed E-state index contributed by atoms with van der Waals surface area (Å²) >= 11 is 1.48. The van der Waals surface area contributed by atoms with Gasteiger partial charge in [0.25, 0.3) is 0 Å². The fourth-order valence-corrected chi connectivity index (χ4v) is 2.22. The molecule has 0 radical (unpaired) electrons. The Morgan fingerprint density at radius 3 is 2.75 bits per heavy atom. The first-order chi connectivity index (χ1) is 7.45. The van der Waals surface area contributed by atoms with E-state index in [0.717, 1.165) is 5.82 Å². The molecule has 0 aliphatic carbocycles. The molecule has 0 aromatic carbocycles. The van der Waals surface area contributed by atoms with E-state index in [2.05, 4.69) is 26.6 Å². The molecule has 1 unspecified atom stereocenters. The average Bonchev–Trinajstić information content (AvgIpc) is 2.60. The van der Waals surface area contributed by atoms with Gasteiger partial charge in [-0.3, -0.25) is 10.4 Å². The van der Waals surface area contributed by atoms with E-state index in [9.17, 15) is 0 Å². The number of nitrogens with one attached hydrogen (secondary N) is 2. The molecule has 0 aliphatic heterocycles. The third-order valence-corrected chi connectivity index (χ3v) is 3.08. The Bertz CT molecular complexity index is 381. The van der Waals surface area contributed by atoms with Crippen molar-refractivity contribution in [3.8, 4) is 6.07 Å². The van der Waals surface area contributed by atoms with Crippen LogP contribution >= 0.6 is 11.8 Å². The second-order valence-electron chi connectivity index (χ2n) is 4.24. The zero-order chi connectivity index (χ0) is 12.2. The lowest BCUT2D eigenvalue weighted by Gasteiger charge is -2.24. The molecule has 2 N–H and O–H groups in total. The molecule has 1 aromatic rings. The molecule has 16 heavy (non-hydrogen) atoms. The number of aromatic nitrogens is 3. The van der Waals surface area contributed by atoms with Crippen LogP contribution in [-0.4, -0.2) is 32.5 Å². The van der Waals surface area contributed by atoms with Crippen molar-refractivity contribution in [2.75, 3.05) is 5.75 Å². The normalized spacial score (nSPS) is 14.8. The quantitative estimate of drug-likeness (QED) is 0.761. The summed E-state index contributed by atoms with van der Waals surface area (Å²) < 4.78 is 0. The minimum Gasteiger partial charge on any atom is -0.297 e. The van der Waals surface area contributed by atoms with Gasteiger partial charge in [-0.05, 0) is 27.7 Å². The molecule has 0 saturated heterocycles.